The third-order valence-electron chi connectivity index (χ3n) is 3.78. The predicted octanol–water partition coefficient (Wildman–Crippen LogP) is 1.69. The molecule has 0 saturated carbocycles. The number of nitrogens with zero attached hydrogens (tertiary/aromatic N) is 3. The summed E-state index contributed by atoms with van der Waals surface area (Å²) >= 11 is 0. The fraction of sp³-hybridized carbons (Fsp3) is 0.400. The Morgan fingerprint density at radius 2 is 2.04 bits per heavy atom. The highest BCUT2D eigenvalue weighted by molar-refractivity contribution is 5.90. The van der Waals surface area contributed by atoms with Gasteiger partial charge in [-0.3, -0.25) is 9.36 Å². The topological polar surface area (TPSA) is 68.9 Å². The minimum absolute atomic E-state index is 0.128. The highest BCUT2D eigenvalue weighted by Crippen LogP contribution is 2.13. The van der Waals surface area contributed by atoms with Gasteiger partial charge in [-0.2, -0.15) is 5.10 Å². The molecular formula is C15H16F2N4O2. The van der Waals surface area contributed by atoms with Gasteiger partial charge in [-0.15, -0.1) is 0 Å². The predicted molar refractivity (Wildman–Crippen MR) is 79.0 cm³/mol. The number of aryl methyl sites for hydroxylation is 1. The second kappa shape index (κ2) is 6.31. The van der Waals surface area contributed by atoms with E-state index in [-0.39, 0.29) is 17.9 Å². The van der Waals surface area contributed by atoms with Crippen molar-refractivity contribution in [2.75, 3.05) is 5.32 Å². The van der Waals surface area contributed by atoms with E-state index < -0.39 is 17.5 Å². The van der Waals surface area contributed by atoms with Crippen molar-refractivity contribution in [3.05, 3.63) is 46.1 Å². The van der Waals surface area contributed by atoms with Crippen LogP contribution < -0.4 is 11.0 Å². The van der Waals surface area contributed by atoms with Gasteiger partial charge in [-0.05, 0) is 25.0 Å². The second-order valence-corrected chi connectivity index (χ2v) is 5.50. The summed E-state index contributed by atoms with van der Waals surface area (Å²) in [6.07, 6.45) is 3.66. The highest BCUT2D eigenvalue weighted by Gasteiger charge is 2.17. The summed E-state index contributed by atoms with van der Waals surface area (Å²) < 4.78 is 28.7. The number of amides is 1. The van der Waals surface area contributed by atoms with Crippen LogP contribution in [0.5, 0.6) is 0 Å². The summed E-state index contributed by atoms with van der Waals surface area (Å²) in [7, 11) is 0. The lowest BCUT2D eigenvalue weighted by Crippen LogP contribution is -2.30. The van der Waals surface area contributed by atoms with E-state index in [1.54, 1.807) is 4.57 Å². The van der Waals surface area contributed by atoms with Crippen LogP contribution in [0.15, 0.2) is 23.0 Å². The van der Waals surface area contributed by atoms with Crippen LogP contribution in [0.1, 0.15) is 25.1 Å². The SMILES string of the molecule is O=C(Cn1nc2n(c1=O)CCCCC2)Nc1ccc(F)c(F)c1. The maximum Gasteiger partial charge on any atom is 0.346 e. The lowest BCUT2D eigenvalue weighted by Gasteiger charge is -2.05. The van der Waals surface area contributed by atoms with Crippen LogP contribution in [0.25, 0.3) is 0 Å². The second-order valence-electron chi connectivity index (χ2n) is 5.50. The first-order valence-electron chi connectivity index (χ1n) is 7.46. The van der Waals surface area contributed by atoms with Gasteiger partial charge in [0, 0.05) is 24.7 Å². The first-order valence-corrected chi connectivity index (χ1v) is 7.46. The number of aromatic nitrogens is 3. The molecule has 0 bridgehead atoms. The largest absolute Gasteiger partial charge is 0.346 e. The molecule has 3 rings (SSSR count). The molecule has 8 heteroatoms. The molecule has 0 aliphatic carbocycles. The number of hydrogen-bond acceptors (Lipinski definition) is 3. The van der Waals surface area contributed by atoms with Crippen LogP contribution in [0.4, 0.5) is 14.5 Å². The molecule has 2 heterocycles. The van der Waals surface area contributed by atoms with Gasteiger partial charge in [0.05, 0.1) is 0 Å². The number of anilines is 1. The van der Waals surface area contributed by atoms with Gasteiger partial charge in [0.25, 0.3) is 0 Å². The number of fused-ring (bicyclic) bond motifs is 1. The van der Waals surface area contributed by atoms with Crippen LogP contribution in [0, 0.1) is 11.6 Å². The molecular weight excluding hydrogens is 306 g/mol. The number of rotatable bonds is 3. The number of halogens is 2. The smallest absolute Gasteiger partial charge is 0.324 e. The average Bonchev–Trinajstić information content (AvgIpc) is 2.68. The number of hydrogen-bond donors (Lipinski definition) is 1. The lowest BCUT2D eigenvalue weighted by atomic mass is 10.2. The first kappa shape index (κ1) is 15.4. The van der Waals surface area contributed by atoms with Crippen molar-refractivity contribution in [2.24, 2.45) is 0 Å². The van der Waals surface area contributed by atoms with E-state index in [1.807, 2.05) is 0 Å². The zero-order valence-electron chi connectivity index (χ0n) is 12.4. The quantitative estimate of drug-likeness (QED) is 0.935. The molecule has 0 saturated heterocycles. The van der Waals surface area contributed by atoms with Crippen molar-refractivity contribution >= 4 is 11.6 Å². The Kier molecular flexibility index (Phi) is 4.22. The molecule has 0 radical (unpaired) electrons. The van der Waals surface area contributed by atoms with Crippen molar-refractivity contribution in [2.45, 2.75) is 38.8 Å². The van der Waals surface area contributed by atoms with Gasteiger partial charge in [0.1, 0.15) is 12.4 Å². The Labute approximate surface area is 130 Å². The van der Waals surface area contributed by atoms with Gasteiger partial charge in [-0.1, -0.05) is 6.42 Å². The molecule has 122 valence electrons. The van der Waals surface area contributed by atoms with Gasteiger partial charge >= 0.3 is 5.69 Å². The Morgan fingerprint density at radius 1 is 1.22 bits per heavy atom. The normalized spacial score (nSPS) is 14.2. The number of benzene rings is 1. The molecule has 2 aromatic rings. The van der Waals surface area contributed by atoms with Crippen LogP contribution in [0.3, 0.4) is 0 Å². The molecule has 23 heavy (non-hydrogen) atoms. The van der Waals surface area contributed by atoms with Crippen molar-refractivity contribution < 1.29 is 13.6 Å². The fourth-order valence-electron chi connectivity index (χ4n) is 2.64. The maximum absolute atomic E-state index is 13.1. The van der Waals surface area contributed by atoms with E-state index >= 15 is 0 Å². The zero-order chi connectivity index (χ0) is 16.4. The Hall–Kier alpha value is -2.51. The first-order chi connectivity index (χ1) is 11.0. The molecule has 1 N–H and O–H groups in total. The number of nitrogens with one attached hydrogen (secondary N) is 1. The summed E-state index contributed by atoms with van der Waals surface area (Å²) in [4.78, 5) is 24.2. The van der Waals surface area contributed by atoms with Crippen molar-refractivity contribution in [3.63, 3.8) is 0 Å². The van der Waals surface area contributed by atoms with Crippen molar-refractivity contribution in [1.29, 1.82) is 0 Å². The standard InChI is InChI=1S/C15H16F2N4O2/c16-11-6-5-10(8-12(11)17)18-14(22)9-21-15(23)20-7-3-1-2-4-13(20)19-21/h5-6,8H,1-4,7,9H2,(H,18,22). The van der Waals surface area contributed by atoms with Gasteiger partial charge in [0.2, 0.25) is 5.91 Å². The molecule has 1 amide bonds. The summed E-state index contributed by atoms with van der Waals surface area (Å²) in [6.45, 7) is 0.344. The van der Waals surface area contributed by atoms with E-state index in [4.69, 9.17) is 0 Å². The van der Waals surface area contributed by atoms with E-state index in [0.29, 0.717) is 18.8 Å². The number of carbonyl (C=O) groups excluding carboxylic acids is 1. The van der Waals surface area contributed by atoms with Crippen LogP contribution in [-0.4, -0.2) is 20.3 Å². The molecule has 0 unspecified atom stereocenters. The third kappa shape index (κ3) is 3.30. The summed E-state index contributed by atoms with van der Waals surface area (Å²) in [6, 6.07) is 3.07. The molecule has 1 aromatic carbocycles. The van der Waals surface area contributed by atoms with Crippen LogP contribution in [0.2, 0.25) is 0 Å². The van der Waals surface area contributed by atoms with E-state index in [0.717, 1.165) is 36.1 Å². The zero-order valence-corrected chi connectivity index (χ0v) is 12.4. The summed E-state index contributed by atoms with van der Waals surface area (Å²) in [5, 5.41) is 6.62. The minimum Gasteiger partial charge on any atom is -0.324 e. The highest BCUT2D eigenvalue weighted by atomic mass is 19.2. The molecule has 0 atom stereocenters. The molecule has 0 spiro atoms. The average molecular weight is 322 g/mol. The number of carbonyl (C=O) groups is 1. The molecule has 1 aliphatic heterocycles. The van der Waals surface area contributed by atoms with E-state index in [2.05, 4.69) is 10.4 Å². The Balaban J connectivity index is 1.73. The maximum atomic E-state index is 13.1. The molecule has 0 fully saturated rings. The van der Waals surface area contributed by atoms with Crippen molar-refractivity contribution in [1.82, 2.24) is 14.3 Å². The van der Waals surface area contributed by atoms with Gasteiger partial charge in [-0.25, -0.2) is 18.3 Å². The van der Waals surface area contributed by atoms with Crippen LogP contribution >= 0.6 is 0 Å². The summed E-state index contributed by atoms with van der Waals surface area (Å²) in [5.41, 5.74) is -0.190. The monoisotopic (exact) mass is 322 g/mol. The summed E-state index contributed by atoms with van der Waals surface area (Å²) in [5.74, 6) is -1.87. The third-order valence-corrected chi connectivity index (χ3v) is 3.78. The molecule has 6 nitrogen and oxygen atoms in total. The van der Waals surface area contributed by atoms with Gasteiger partial charge in [0.15, 0.2) is 11.6 Å². The molecule has 1 aromatic heterocycles. The Morgan fingerprint density at radius 3 is 2.83 bits per heavy atom. The molecule has 1 aliphatic rings. The van der Waals surface area contributed by atoms with E-state index in [1.165, 1.54) is 6.07 Å². The Bertz CT molecular complexity index is 797. The van der Waals surface area contributed by atoms with Crippen molar-refractivity contribution in [3.8, 4) is 0 Å². The fourth-order valence-corrected chi connectivity index (χ4v) is 2.64. The van der Waals surface area contributed by atoms with E-state index in [9.17, 15) is 18.4 Å². The van der Waals surface area contributed by atoms with Crippen LogP contribution in [-0.2, 0) is 24.3 Å². The lowest BCUT2D eigenvalue weighted by molar-refractivity contribution is -0.117. The van der Waals surface area contributed by atoms with Gasteiger partial charge < -0.3 is 5.32 Å². The minimum atomic E-state index is -1.05.